The lowest BCUT2D eigenvalue weighted by atomic mass is 9.92. The van der Waals surface area contributed by atoms with Crippen LogP contribution in [0.2, 0.25) is 0 Å². The summed E-state index contributed by atoms with van der Waals surface area (Å²) in [7, 11) is 0. The van der Waals surface area contributed by atoms with Gasteiger partial charge in [0.05, 0.1) is 5.69 Å². The van der Waals surface area contributed by atoms with Gasteiger partial charge in [-0.3, -0.25) is 9.59 Å². The van der Waals surface area contributed by atoms with Gasteiger partial charge in [-0.1, -0.05) is 27.7 Å². The molecule has 2 aromatic rings. The highest BCUT2D eigenvalue weighted by molar-refractivity contribution is 5.75. The Morgan fingerprint density at radius 2 is 2.06 bits per heavy atom. The summed E-state index contributed by atoms with van der Waals surface area (Å²) in [5, 5.41) is 25.5. The molecule has 1 saturated heterocycles. The summed E-state index contributed by atoms with van der Waals surface area (Å²) in [4.78, 5) is 28.6. The van der Waals surface area contributed by atoms with Crippen LogP contribution < -0.4 is 11.5 Å². The summed E-state index contributed by atoms with van der Waals surface area (Å²) in [6.45, 7) is 6.83. The van der Waals surface area contributed by atoms with Gasteiger partial charge in [0.15, 0.2) is 11.9 Å². The summed E-state index contributed by atoms with van der Waals surface area (Å²) in [6, 6.07) is 4.22. The Hall–Kier alpha value is -3.27. The van der Waals surface area contributed by atoms with Gasteiger partial charge in [0.1, 0.15) is 42.8 Å². The molecule has 12 heteroatoms. The van der Waals surface area contributed by atoms with E-state index in [9.17, 15) is 20.0 Å². The number of esters is 2. The summed E-state index contributed by atoms with van der Waals surface area (Å²) in [6.07, 6.45) is -2.76. The molecule has 1 aliphatic heterocycles. The predicted octanol–water partition coefficient (Wildman–Crippen LogP) is 0.274. The normalized spacial score (nSPS) is 25.4. The second kappa shape index (κ2) is 9.92. The number of carbonyl (C=O) groups excluding carboxylic acids is 2. The molecular formula is C22H30N6O6. The maximum absolute atomic E-state index is 12.4. The molecule has 1 aliphatic rings. The third kappa shape index (κ3) is 4.68. The first-order valence-electron chi connectivity index (χ1n) is 11.0. The quantitative estimate of drug-likeness (QED) is 0.445. The largest absolute Gasteiger partial charge is 0.462 e. The van der Waals surface area contributed by atoms with E-state index in [2.05, 4.69) is 10.1 Å². The topological polar surface area (TPSA) is 188 Å². The smallest absolute Gasteiger partial charge is 0.323 e. The number of hydrogen-bond acceptors (Lipinski definition) is 11. The number of carbonyl (C=O) groups is 2. The van der Waals surface area contributed by atoms with Gasteiger partial charge in [-0.25, -0.2) is 9.50 Å². The second-order valence-corrected chi connectivity index (χ2v) is 9.06. The number of nitrogens with two attached hydrogens (primary N) is 2. The minimum absolute atomic E-state index is 0.00209. The molecule has 3 heterocycles. The average molecular weight is 475 g/mol. The van der Waals surface area contributed by atoms with Gasteiger partial charge in [0, 0.05) is 6.42 Å². The van der Waals surface area contributed by atoms with Crippen LogP contribution in [0, 0.1) is 23.2 Å². The highest BCUT2D eigenvalue weighted by atomic mass is 16.6. The van der Waals surface area contributed by atoms with Crippen LogP contribution >= 0.6 is 0 Å². The van der Waals surface area contributed by atoms with Crippen molar-refractivity contribution in [3.63, 3.8) is 0 Å². The van der Waals surface area contributed by atoms with Crippen molar-refractivity contribution < 1.29 is 28.9 Å². The molecule has 0 unspecified atom stereocenters. The lowest BCUT2D eigenvalue weighted by Crippen LogP contribution is -2.44. The molecule has 0 saturated carbocycles. The standard InChI is InChI=1S/C22H30N6O6/c1-11(2)7-16(29)33-18-14(8-32-21(31)17(24)12(3)4)34-22(9-23,19(18)30)15-6-5-13-20(25)26-10-27-28(13)15/h5-6,10-12,14,17-19,30H,7-8,24H2,1-4H3,(H2,25,26,27)/t14-,17+,18-,19-,22+/m1/s1. The van der Waals surface area contributed by atoms with Crippen molar-refractivity contribution in [2.45, 2.75) is 64.1 Å². The number of anilines is 1. The first-order valence-corrected chi connectivity index (χ1v) is 11.0. The number of fused-ring (bicyclic) bond motifs is 1. The Kier molecular flexibility index (Phi) is 7.40. The van der Waals surface area contributed by atoms with Gasteiger partial charge < -0.3 is 30.8 Å². The second-order valence-electron chi connectivity index (χ2n) is 9.06. The van der Waals surface area contributed by atoms with Crippen LogP contribution in [0.5, 0.6) is 0 Å². The van der Waals surface area contributed by atoms with Crippen LogP contribution in [0.4, 0.5) is 5.82 Å². The first-order chi connectivity index (χ1) is 16.0. The number of nitrogens with zero attached hydrogens (tertiary/aromatic N) is 4. The van der Waals surface area contributed by atoms with Crippen molar-refractivity contribution in [1.29, 1.82) is 5.26 Å². The molecule has 12 nitrogen and oxygen atoms in total. The number of aliphatic hydroxyl groups excluding tert-OH is 1. The third-order valence-corrected chi connectivity index (χ3v) is 5.68. The molecule has 0 bridgehead atoms. The molecule has 0 aliphatic carbocycles. The zero-order valence-electron chi connectivity index (χ0n) is 19.5. The maximum Gasteiger partial charge on any atom is 0.323 e. The molecule has 5 N–H and O–H groups in total. The Balaban J connectivity index is 1.96. The molecule has 34 heavy (non-hydrogen) atoms. The predicted molar refractivity (Wildman–Crippen MR) is 119 cm³/mol. The number of aliphatic hydroxyl groups is 1. The van der Waals surface area contributed by atoms with Gasteiger partial charge in [-0.05, 0) is 24.0 Å². The molecule has 0 aromatic carbocycles. The zero-order valence-corrected chi connectivity index (χ0v) is 19.5. The van der Waals surface area contributed by atoms with E-state index in [1.54, 1.807) is 19.9 Å². The van der Waals surface area contributed by atoms with Crippen LogP contribution in [-0.2, 0) is 29.4 Å². The minimum Gasteiger partial charge on any atom is -0.462 e. The van der Waals surface area contributed by atoms with E-state index in [4.69, 9.17) is 25.7 Å². The van der Waals surface area contributed by atoms with Gasteiger partial charge in [0.25, 0.3) is 0 Å². The van der Waals surface area contributed by atoms with E-state index in [0.717, 1.165) is 0 Å². The number of ether oxygens (including phenoxy) is 3. The van der Waals surface area contributed by atoms with Crippen LogP contribution in [0.1, 0.15) is 39.8 Å². The fourth-order valence-electron chi connectivity index (χ4n) is 3.74. The zero-order chi connectivity index (χ0) is 25.2. The number of nitrogen functional groups attached to an aromatic ring is 1. The lowest BCUT2D eigenvalue weighted by molar-refractivity contribution is -0.161. The molecular weight excluding hydrogens is 444 g/mol. The summed E-state index contributed by atoms with van der Waals surface area (Å²) in [5.74, 6) is -1.27. The lowest BCUT2D eigenvalue weighted by Gasteiger charge is -2.24. The van der Waals surface area contributed by atoms with Crippen LogP contribution in [0.15, 0.2) is 18.5 Å². The SMILES string of the molecule is CC(C)CC(=O)O[C@H]1[C@@H](O)[C@](C#N)(c2ccc3c(N)ncnn23)O[C@@H]1COC(=O)[C@@H](N)C(C)C. The molecule has 184 valence electrons. The average Bonchev–Trinajstić information content (AvgIpc) is 3.32. The summed E-state index contributed by atoms with van der Waals surface area (Å²) in [5.41, 5.74) is 10.3. The molecule has 3 rings (SSSR count). The number of nitriles is 1. The highest BCUT2D eigenvalue weighted by Gasteiger charge is 2.60. The van der Waals surface area contributed by atoms with Crippen molar-refractivity contribution in [2.75, 3.05) is 12.3 Å². The summed E-state index contributed by atoms with van der Waals surface area (Å²) < 4.78 is 18.1. The van der Waals surface area contributed by atoms with Gasteiger partial charge in [0.2, 0.25) is 5.60 Å². The van der Waals surface area contributed by atoms with Crippen LogP contribution in [0.25, 0.3) is 5.52 Å². The number of hydrogen-bond donors (Lipinski definition) is 3. The van der Waals surface area contributed by atoms with E-state index in [1.807, 2.05) is 19.9 Å². The Bertz CT molecular complexity index is 1100. The van der Waals surface area contributed by atoms with E-state index in [1.165, 1.54) is 16.9 Å². The summed E-state index contributed by atoms with van der Waals surface area (Å²) >= 11 is 0. The Labute approximate surface area is 196 Å². The van der Waals surface area contributed by atoms with Gasteiger partial charge in [-0.2, -0.15) is 10.4 Å². The monoisotopic (exact) mass is 474 g/mol. The van der Waals surface area contributed by atoms with Crippen molar-refractivity contribution >= 4 is 23.3 Å². The minimum atomic E-state index is -1.99. The Morgan fingerprint density at radius 3 is 2.68 bits per heavy atom. The molecule has 5 atom stereocenters. The molecule has 0 amide bonds. The Morgan fingerprint density at radius 1 is 1.35 bits per heavy atom. The molecule has 1 fully saturated rings. The first kappa shape index (κ1) is 25.4. The van der Waals surface area contributed by atoms with Gasteiger partial charge in [-0.15, -0.1) is 0 Å². The number of rotatable bonds is 8. The van der Waals surface area contributed by atoms with E-state index < -0.39 is 41.9 Å². The molecule has 2 aromatic heterocycles. The fourth-order valence-corrected chi connectivity index (χ4v) is 3.74. The van der Waals surface area contributed by atoms with Crippen molar-refractivity contribution in [3.05, 3.63) is 24.2 Å². The van der Waals surface area contributed by atoms with Gasteiger partial charge >= 0.3 is 11.9 Å². The van der Waals surface area contributed by atoms with Crippen molar-refractivity contribution in [3.8, 4) is 6.07 Å². The third-order valence-electron chi connectivity index (χ3n) is 5.68. The van der Waals surface area contributed by atoms with Crippen molar-refractivity contribution in [1.82, 2.24) is 14.6 Å². The van der Waals surface area contributed by atoms with Crippen LogP contribution in [-0.4, -0.2) is 62.6 Å². The van der Waals surface area contributed by atoms with E-state index in [-0.39, 0.29) is 36.4 Å². The van der Waals surface area contributed by atoms with Crippen molar-refractivity contribution in [2.24, 2.45) is 17.6 Å². The number of aromatic nitrogens is 3. The highest BCUT2D eigenvalue weighted by Crippen LogP contribution is 2.42. The molecule has 0 spiro atoms. The van der Waals surface area contributed by atoms with E-state index >= 15 is 0 Å². The molecule has 0 radical (unpaired) electrons. The fraction of sp³-hybridized carbons (Fsp3) is 0.591. The van der Waals surface area contributed by atoms with Crippen LogP contribution in [0.3, 0.4) is 0 Å². The maximum atomic E-state index is 12.4. The van der Waals surface area contributed by atoms with E-state index in [0.29, 0.717) is 5.52 Å².